The number of hydrogen-bond acceptors (Lipinski definition) is 5. The predicted molar refractivity (Wildman–Crippen MR) is 106 cm³/mol. The Balaban J connectivity index is 2.72. The van der Waals surface area contributed by atoms with Crippen LogP contribution < -0.4 is 5.32 Å². The number of carbonyl (C=O) groups excluding carboxylic acids is 2. The van der Waals surface area contributed by atoms with Crippen LogP contribution in [0, 0.1) is 0 Å². The fraction of sp³-hybridized carbons (Fsp3) is 0.556. The average Bonchev–Trinajstić information content (AvgIpc) is 2.51. The van der Waals surface area contributed by atoms with E-state index in [9.17, 15) is 14.7 Å². The summed E-state index contributed by atoms with van der Waals surface area (Å²) in [6, 6.07) is 5.69. The molecular formula is C18H28INO5. The molecular weight excluding hydrogens is 437 g/mol. The molecule has 7 heteroatoms. The molecule has 0 aromatic heterocycles. The van der Waals surface area contributed by atoms with E-state index in [1.165, 1.54) is 0 Å². The van der Waals surface area contributed by atoms with Gasteiger partial charge in [-0.05, 0) is 0 Å². The van der Waals surface area contributed by atoms with Crippen LogP contribution >= 0.6 is 21.6 Å². The SMILES string of the molecule is CCCC[IH]OC(=O)C(Cc1ccc(O)cc1)NC(=O)OC(C)(C)C. The van der Waals surface area contributed by atoms with Crippen LogP contribution in [0.2, 0.25) is 0 Å². The first-order chi connectivity index (χ1) is 11.7. The number of rotatable bonds is 8. The van der Waals surface area contributed by atoms with Crippen LogP contribution in [0.1, 0.15) is 46.1 Å². The molecule has 0 bridgehead atoms. The Morgan fingerprint density at radius 3 is 2.44 bits per heavy atom. The van der Waals surface area contributed by atoms with Gasteiger partial charge in [0.1, 0.15) is 0 Å². The monoisotopic (exact) mass is 465 g/mol. The summed E-state index contributed by atoms with van der Waals surface area (Å²) in [6.45, 7) is 7.37. The van der Waals surface area contributed by atoms with Gasteiger partial charge in [0.25, 0.3) is 0 Å². The summed E-state index contributed by atoms with van der Waals surface area (Å²) in [5, 5.41) is 12.0. The molecule has 1 unspecified atom stereocenters. The van der Waals surface area contributed by atoms with Crippen molar-refractivity contribution in [1.82, 2.24) is 5.32 Å². The number of hydrogen-bond donors (Lipinski definition) is 2. The Hall–Kier alpha value is -1.51. The number of amides is 1. The molecule has 0 aliphatic carbocycles. The van der Waals surface area contributed by atoms with Gasteiger partial charge in [-0.1, -0.05) is 0 Å². The molecule has 2 N–H and O–H groups in total. The molecule has 142 valence electrons. The zero-order chi connectivity index (χ0) is 18.9. The number of carbonyl (C=O) groups is 2. The van der Waals surface area contributed by atoms with Crippen molar-refractivity contribution in [3.8, 4) is 5.75 Å². The van der Waals surface area contributed by atoms with Gasteiger partial charge in [-0.15, -0.1) is 0 Å². The Bertz CT molecular complexity index is 554. The first kappa shape index (κ1) is 21.5. The van der Waals surface area contributed by atoms with Crippen molar-refractivity contribution < 1.29 is 22.5 Å². The fourth-order valence-corrected chi connectivity index (χ4v) is 3.93. The number of halogens is 1. The molecule has 1 atom stereocenters. The quantitative estimate of drug-likeness (QED) is 0.347. The third-order valence-electron chi connectivity index (χ3n) is 3.07. The second-order valence-corrected chi connectivity index (χ2v) is 8.96. The van der Waals surface area contributed by atoms with E-state index < -0.39 is 45.3 Å². The van der Waals surface area contributed by atoms with E-state index in [1.54, 1.807) is 45.0 Å². The number of alkyl carbamates (subject to hydrolysis) is 1. The van der Waals surface area contributed by atoms with Crippen molar-refractivity contribution in [3.63, 3.8) is 0 Å². The molecule has 1 aromatic carbocycles. The second kappa shape index (κ2) is 10.5. The Morgan fingerprint density at radius 1 is 1.24 bits per heavy atom. The summed E-state index contributed by atoms with van der Waals surface area (Å²) in [7, 11) is 0. The van der Waals surface area contributed by atoms with Gasteiger partial charge in [0.05, 0.1) is 0 Å². The second-order valence-electron chi connectivity index (χ2n) is 6.65. The van der Waals surface area contributed by atoms with Crippen LogP contribution in [0.4, 0.5) is 4.79 Å². The van der Waals surface area contributed by atoms with Gasteiger partial charge in [0, 0.05) is 0 Å². The maximum atomic E-state index is 12.4. The first-order valence-corrected chi connectivity index (χ1v) is 10.9. The van der Waals surface area contributed by atoms with E-state index in [-0.39, 0.29) is 12.2 Å². The van der Waals surface area contributed by atoms with Crippen molar-refractivity contribution >= 4 is 33.7 Å². The normalized spacial score (nSPS) is 12.5. The average molecular weight is 465 g/mol. The van der Waals surface area contributed by atoms with Crippen molar-refractivity contribution in [3.05, 3.63) is 29.8 Å². The molecule has 0 heterocycles. The minimum absolute atomic E-state index is 0.148. The number of benzene rings is 1. The molecule has 0 fully saturated rings. The summed E-state index contributed by atoms with van der Waals surface area (Å²) in [4.78, 5) is 24.4. The number of aromatic hydroxyl groups is 1. The molecule has 1 amide bonds. The number of alkyl halides is 1. The van der Waals surface area contributed by atoms with Crippen LogP contribution in [0.3, 0.4) is 0 Å². The van der Waals surface area contributed by atoms with E-state index >= 15 is 0 Å². The molecule has 0 radical (unpaired) electrons. The van der Waals surface area contributed by atoms with Crippen molar-refractivity contribution in [2.24, 2.45) is 0 Å². The Kier molecular flexibility index (Phi) is 9.02. The van der Waals surface area contributed by atoms with Gasteiger partial charge in [-0.25, -0.2) is 0 Å². The summed E-state index contributed by atoms with van der Waals surface area (Å²) < 4.78 is 11.6. The molecule has 6 nitrogen and oxygen atoms in total. The number of phenolic OH excluding ortho intramolecular Hbond substituents is 1. The van der Waals surface area contributed by atoms with Gasteiger partial charge in [-0.3, -0.25) is 0 Å². The molecule has 0 aliphatic rings. The maximum absolute atomic E-state index is 12.4. The van der Waals surface area contributed by atoms with Crippen LogP contribution in [-0.4, -0.2) is 33.2 Å². The summed E-state index contributed by atoms with van der Waals surface area (Å²) >= 11 is -0.854. The number of nitrogens with one attached hydrogen (secondary N) is 1. The van der Waals surface area contributed by atoms with Crippen LogP contribution in [-0.2, 0) is 19.0 Å². The Labute approximate surface area is 160 Å². The van der Waals surface area contributed by atoms with E-state index in [0.29, 0.717) is 0 Å². The van der Waals surface area contributed by atoms with Crippen molar-refractivity contribution in [1.29, 1.82) is 0 Å². The van der Waals surface area contributed by atoms with E-state index in [1.807, 2.05) is 0 Å². The molecule has 1 rings (SSSR count). The van der Waals surface area contributed by atoms with Crippen LogP contribution in [0.5, 0.6) is 5.75 Å². The third kappa shape index (κ3) is 9.52. The predicted octanol–water partition coefficient (Wildman–Crippen LogP) is 3.79. The van der Waals surface area contributed by atoms with Crippen molar-refractivity contribution in [2.45, 2.75) is 58.6 Å². The molecule has 0 spiro atoms. The minimum atomic E-state index is -0.854. The van der Waals surface area contributed by atoms with Gasteiger partial charge in [0.2, 0.25) is 0 Å². The molecule has 0 aliphatic heterocycles. The molecule has 25 heavy (non-hydrogen) atoms. The van der Waals surface area contributed by atoms with E-state index in [0.717, 1.165) is 22.8 Å². The third-order valence-corrected chi connectivity index (χ3v) is 5.18. The zero-order valence-corrected chi connectivity index (χ0v) is 17.5. The summed E-state index contributed by atoms with van der Waals surface area (Å²) in [6.07, 6.45) is 1.73. The van der Waals surface area contributed by atoms with Crippen LogP contribution in [0.25, 0.3) is 0 Å². The van der Waals surface area contributed by atoms with E-state index in [4.69, 9.17) is 7.80 Å². The van der Waals surface area contributed by atoms with Crippen LogP contribution in [0.15, 0.2) is 24.3 Å². The fourth-order valence-electron chi connectivity index (χ4n) is 1.87. The molecule has 0 saturated heterocycles. The standard InChI is InChI=1S/C18H28INO5/c1-5-6-11-19-25-16(22)15(20-17(23)24-18(2,3)4)12-13-7-9-14(21)10-8-13/h7-10,15,19,21H,5-6,11-12H2,1-4H3,(H,20,23). The van der Waals surface area contributed by atoms with Crippen molar-refractivity contribution in [2.75, 3.05) is 4.43 Å². The van der Waals surface area contributed by atoms with Gasteiger partial charge < -0.3 is 0 Å². The number of phenols is 1. The summed E-state index contributed by atoms with van der Waals surface area (Å²) in [5.74, 6) is -0.285. The van der Waals surface area contributed by atoms with E-state index in [2.05, 4.69) is 12.2 Å². The van der Waals surface area contributed by atoms with Gasteiger partial charge in [-0.2, -0.15) is 0 Å². The van der Waals surface area contributed by atoms with Gasteiger partial charge >= 0.3 is 160 Å². The zero-order valence-electron chi connectivity index (χ0n) is 15.2. The topological polar surface area (TPSA) is 84.9 Å². The summed E-state index contributed by atoms with van der Waals surface area (Å²) in [5.41, 5.74) is 0.164. The number of unbranched alkanes of at least 4 members (excludes halogenated alkanes) is 1. The molecule has 0 saturated carbocycles. The molecule has 1 aromatic rings. The number of ether oxygens (including phenoxy) is 1. The Morgan fingerprint density at radius 2 is 1.88 bits per heavy atom. The first-order valence-electron chi connectivity index (χ1n) is 8.32. The van der Waals surface area contributed by atoms with Gasteiger partial charge in [0.15, 0.2) is 0 Å².